The summed E-state index contributed by atoms with van der Waals surface area (Å²) >= 11 is 0. The summed E-state index contributed by atoms with van der Waals surface area (Å²) in [6, 6.07) is 0.427. The van der Waals surface area contributed by atoms with Crippen molar-refractivity contribution in [3.05, 3.63) is 0 Å². The van der Waals surface area contributed by atoms with Crippen LogP contribution >= 0.6 is 0 Å². The van der Waals surface area contributed by atoms with Crippen LogP contribution < -0.4 is 10.6 Å². The van der Waals surface area contributed by atoms with E-state index in [0.717, 1.165) is 12.8 Å². The summed E-state index contributed by atoms with van der Waals surface area (Å²) in [5.74, 6) is 0.0891. The van der Waals surface area contributed by atoms with Gasteiger partial charge in [-0.1, -0.05) is 0 Å². The first kappa shape index (κ1) is 12.4. The highest BCUT2D eigenvalue weighted by Gasteiger charge is 2.22. The molecule has 0 aromatic rings. The van der Waals surface area contributed by atoms with Gasteiger partial charge in [0.1, 0.15) is 0 Å². The Hall–Kier alpha value is -0.650. The van der Waals surface area contributed by atoms with Crippen molar-refractivity contribution in [3.8, 4) is 0 Å². The number of hydrogen-bond acceptors (Lipinski definition) is 4. The summed E-state index contributed by atoms with van der Waals surface area (Å²) in [7, 11) is 1.55. The summed E-state index contributed by atoms with van der Waals surface area (Å²) < 4.78 is 4.77. The molecule has 15 heavy (non-hydrogen) atoms. The van der Waals surface area contributed by atoms with Gasteiger partial charge >= 0.3 is 0 Å². The number of rotatable bonds is 8. The van der Waals surface area contributed by atoms with E-state index in [9.17, 15) is 9.90 Å². The molecule has 5 heteroatoms. The molecule has 0 aromatic heterocycles. The Labute approximate surface area is 90.2 Å². The molecule has 1 amide bonds. The lowest BCUT2D eigenvalue weighted by molar-refractivity contribution is -0.121. The second-order valence-electron chi connectivity index (χ2n) is 3.91. The normalized spacial score (nSPS) is 17.5. The van der Waals surface area contributed by atoms with Crippen molar-refractivity contribution in [1.82, 2.24) is 10.6 Å². The fraction of sp³-hybridized carbons (Fsp3) is 0.900. The quantitative estimate of drug-likeness (QED) is 0.467. The maximum Gasteiger partial charge on any atom is 0.221 e. The summed E-state index contributed by atoms with van der Waals surface area (Å²) in [6.45, 7) is 1.38. The number of ether oxygens (including phenoxy) is 1. The minimum Gasteiger partial charge on any atom is -0.389 e. The van der Waals surface area contributed by atoms with Gasteiger partial charge in [0, 0.05) is 32.7 Å². The van der Waals surface area contributed by atoms with Crippen LogP contribution in [0.2, 0.25) is 0 Å². The summed E-state index contributed by atoms with van der Waals surface area (Å²) in [5, 5.41) is 15.2. The summed E-state index contributed by atoms with van der Waals surface area (Å²) in [6.07, 6.45) is 2.20. The van der Waals surface area contributed by atoms with Crippen molar-refractivity contribution in [3.63, 3.8) is 0 Å². The van der Waals surface area contributed by atoms with Crippen LogP contribution in [0.5, 0.6) is 0 Å². The molecule has 0 saturated heterocycles. The lowest BCUT2D eigenvalue weighted by Gasteiger charge is -2.10. The molecule has 0 heterocycles. The first-order chi connectivity index (χ1) is 7.22. The number of aliphatic hydroxyl groups excluding tert-OH is 1. The van der Waals surface area contributed by atoms with Crippen LogP contribution in [-0.4, -0.2) is 50.0 Å². The molecule has 0 spiro atoms. The first-order valence-electron chi connectivity index (χ1n) is 5.39. The van der Waals surface area contributed by atoms with Crippen LogP contribution in [-0.2, 0) is 9.53 Å². The fourth-order valence-electron chi connectivity index (χ4n) is 1.25. The van der Waals surface area contributed by atoms with Gasteiger partial charge in [0.2, 0.25) is 5.91 Å². The van der Waals surface area contributed by atoms with Gasteiger partial charge in [-0.05, 0) is 12.8 Å². The molecule has 1 aliphatic carbocycles. The molecule has 0 aliphatic heterocycles. The maximum absolute atomic E-state index is 11.2. The van der Waals surface area contributed by atoms with E-state index in [1.54, 1.807) is 7.11 Å². The van der Waals surface area contributed by atoms with E-state index in [2.05, 4.69) is 10.6 Å². The zero-order chi connectivity index (χ0) is 11.1. The molecule has 0 bridgehead atoms. The molecule has 1 unspecified atom stereocenters. The SMILES string of the molecule is COCC(O)CNCCC(=O)NC1CC1. The second kappa shape index (κ2) is 6.76. The summed E-state index contributed by atoms with van der Waals surface area (Å²) in [5.41, 5.74) is 0. The first-order valence-corrected chi connectivity index (χ1v) is 5.39. The minimum atomic E-state index is -0.499. The molecule has 0 aromatic carbocycles. The van der Waals surface area contributed by atoms with Crippen molar-refractivity contribution >= 4 is 5.91 Å². The van der Waals surface area contributed by atoms with E-state index in [4.69, 9.17) is 4.74 Å². The average molecular weight is 216 g/mol. The third-order valence-corrected chi connectivity index (χ3v) is 2.21. The number of carbonyl (C=O) groups is 1. The van der Waals surface area contributed by atoms with E-state index >= 15 is 0 Å². The van der Waals surface area contributed by atoms with Gasteiger partial charge in [-0.25, -0.2) is 0 Å². The minimum absolute atomic E-state index is 0.0891. The lowest BCUT2D eigenvalue weighted by atomic mass is 10.3. The molecule has 1 atom stereocenters. The average Bonchev–Trinajstić information content (AvgIpc) is 2.97. The van der Waals surface area contributed by atoms with Crippen LogP contribution in [0.15, 0.2) is 0 Å². The molecular weight excluding hydrogens is 196 g/mol. The molecule has 1 saturated carbocycles. The second-order valence-corrected chi connectivity index (χ2v) is 3.91. The maximum atomic E-state index is 11.2. The van der Waals surface area contributed by atoms with Gasteiger partial charge in [0.25, 0.3) is 0 Å². The monoisotopic (exact) mass is 216 g/mol. The van der Waals surface area contributed by atoms with E-state index in [-0.39, 0.29) is 5.91 Å². The van der Waals surface area contributed by atoms with E-state index in [1.807, 2.05) is 0 Å². The topological polar surface area (TPSA) is 70.6 Å². The Morgan fingerprint density at radius 2 is 2.33 bits per heavy atom. The highest BCUT2D eigenvalue weighted by molar-refractivity contribution is 5.76. The molecule has 5 nitrogen and oxygen atoms in total. The molecule has 1 fully saturated rings. The van der Waals surface area contributed by atoms with Crippen molar-refractivity contribution in [1.29, 1.82) is 0 Å². The van der Waals surface area contributed by atoms with Gasteiger partial charge in [0.15, 0.2) is 0 Å². The molecule has 3 N–H and O–H groups in total. The van der Waals surface area contributed by atoms with Crippen LogP contribution in [0.4, 0.5) is 0 Å². The number of hydrogen-bond donors (Lipinski definition) is 3. The van der Waals surface area contributed by atoms with Crippen LogP contribution in [0.3, 0.4) is 0 Å². The molecular formula is C10H20N2O3. The third kappa shape index (κ3) is 6.43. The van der Waals surface area contributed by atoms with Gasteiger partial charge in [-0.3, -0.25) is 4.79 Å². The fourth-order valence-corrected chi connectivity index (χ4v) is 1.25. The highest BCUT2D eigenvalue weighted by atomic mass is 16.5. The summed E-state index contributed by atoms with van der Waals surface area (Å²) in [4.78, 5) is 11.2. The van der Waals surface area contributed by atoms with Gasteiger partial charge < -0.3 is 20.5 Å². The number of aliphatic hydroxyl groups is 1. The number of nitrogens with one attached hydrogen (secondary N) is 2. The van der Waals surface area contributed by atoms with Crippen molar-refractivity contribution in [2.45, 2.75) is 31.4 Å². The van der Waals surface area contributed by atoms with Gasteiger partial charge in [-0.15, -0.1) is 0 Å². The van der Waals surface area contributed by atoms with E-state index in [1.165, 1.54) is 0 Å². The van der Waals surface area contributed by atoms with Crippen molar-refractivity contribution in [2.75, 3.05) is 26.8 Å². The zero-order valence-corrected chi connectivity index (χ0v) is 9.16. The zero-order valence-electron chi connectivity index (χ0n) is 9.16. The number of amides is 1. The Morgan fingerprint density at radius 1 is 1.60 bits per heavy atom. The molecule has 1 rings (SSSR count). The molecule has 0 radical (unpaired) electrons. The van der Waals surface area contributed by atoms with Crippen LogP contribution in [0.25, 0.3) is 0 Å². The predicted octanol–water partition coefficient (Wildman–Crippen LogP) is -0.748. The standard InChI is InChI=1S/C10H20N2O3/c1-15-7-9(13)6-11-5-4-10(14)12-8-2-3-8/h8-9,11,13H,2-7H2,1H3,(H,12,14). The lowest BCUT2D eigenvalue weighted by Crippen LogP contribution is -2.34. The largest absolute Gasteiger partial charge is 0.389 e. The van der Waals surface area contributed by atoms with Crippen molar-refractivity contribution < 1.29 is 14.6 Å². The van der Waals surface area contributed by atoms with Gasteiger partial charge in [-0.2, -0.15) is 0 Å². The number of methoxy groups -OCH3 is 1. The highest BCUT2D eigenvalue weighted by Crippen LogP contribution is 2.18. The molecule has 1 aliphatic rings. The van der Waals surface area contributed by atoms with Gasteiger partial charge in [0.05, 0.1) is 12.7 Å². The van der Waals surface area contributed by atoms with Crippen LogP contribution in [0.1, 0.15) is 19.3 Å². The third-order valence-electron chi connectivity index (χ3n) is 2.21. The van der Waals surface area contributed by atoms with Crippen molar-refractivity contribution in [2.24, 2.45) is 0 Å². The van der Waals surface area contributed by atoms with Crippen LogP contribution in [0, 0.1) is 0 Å². The number of carbonyl (C=O) groups excluding carboxylic acids is 1. The Balaban J connectivity index is 1.88. The van der Waals surface area contributed by atoms with E-state index < -0.39 is 6.10 Å². The molecule has 88 valence electrons. The Morgan fingerprint density at radius 3 is 2.93 bits per heavy atom. The Kier molecular flexibility index (Phi) is 5.60. The Bertz CT molecular complexity index is 195. The smallest absolute Gasteiger partial charge is 0.221 e. The predicted molar refractivity (Wildman–Crippen MR) is 56.5 cm³/mol. The van der Waals surface area contributed by atoms with E-state index in [0.29, 0.717) is 32.2 Å².